The third-order valence-corrected chi connectivity index (χ3v) is 3.57. The van der Waals surface area contributed by atoms with Crippen LogP contribution in [0.15, 0.2) is 0 Å². The van der Waals surface area contributed by atoms with Gasteiger partial charge in [0.2, 0.25) is 0 Å². The summed E-state index contributed by atoms with van der Waals surface area (Å²) in [6.45, 7) is 5.99. The average Bonchev–Trinajstić information content (AvgIpc) is 2.45. The highest BCUT2D eigenvalue weighted by Gasteiger charge is 2.13. The molecule has 0 aromatic heterocycles. The molecule has 1 saturated carbocycles. The predicted molar refractivity (Wildman–Crippen MR) is 77.6 cm³/mol. The summed E-state index contributed by atoms with van der Waals surface area (Å²) < 4.78 is 16.1. The molecule has 0 amide bonds. The molecule has 4 nitrogen and oxygen atoms in total. The molecule has 1 aliphatic carbocycles. The zero-order valence-corrected chi connectivity index (χ0v) is 12.7. The van der Waals surface area contributed by atoms with Crippen molar-refractivity contribution < 1.29 is 14.2 Å². The minimum Gasteiger partial charge on any atom is -0.382 e. The highest BCUT2D eigenvalue weighted by molar-refractivity contribution is 4.72. The van der Waals surface area contributed by atoms with E-state index in [2.05, 4.69) is 12.2 Å². The van der Waals surface area contributed by atoms with Crippen molar-refractivity contribution in [3.8, 4) is 0 Å². The van der Waals surface area contributed by atoms with Gasteiger partial charge in [0.05, 0.1) is 19.3 Å². The van der Waals surface area contributed by atoms with Crippen LogP contribution in [-0.2, 0) is 14.2 Å². The average molecular weight is 273 g/mol. The van der Waals surface area contributed by atoms with Crippen LogP contribution in [0, 0.1) is 0 Å². The molecular weight excluding hydrogens is 242 g/mol. The summed E-state index contributed by atoms with van der Waals surface area (Å²) in [5.41, 5.74) is 0. The van der Waals surface area contributed by atoms with Crippen LogP contribution in [0.4, 0.5) is 0 Å². The van der Waals surface area contributed by atoms with E-state index in [-0.39, 0.29) is 0 Å². The molecule has 0 aliphatic heterocycles. The Labute approximate surface area is 118 Å². The summed E-state index contributed by atoms with van der Waals surface area (Å²) in [4.78, 5) is 0. The van der Waals surface area contributed by atoms with Crippen LogP contribution in [0.1, 0.15) is 45.4 Å². The molecule has 0 aromatic rings. The Kier molecular flexibility index (Phi) is 10.4. The van der Waals surface area contributed by atoms with Gasteiger partial charge in [0, 0.05) is 32.9 Å². The number of nitrogens with one attached hydrogen (secondary N) is 1. The van der Waals surface area contributed by atoms with Crippen LogP contribution in [0.25, 0.3) is 0 Å². The molecule has 1 rings (SSSR count). The van der Waals surface area contributed by atoms with E-state index in [9.17, 15) is 0 Å². The lowest BCUT2D eigenvalue weighted by Crippen LogP contribution is -2.36. The van der Waals surface area contributed by atoms with E-state index >= 15 is 0 Å². The lowest BCUT2D eigenvalue weighted by atomic mass is 9.95. The van der Waals surface area contributed by atoms with E-state index in [0.717, 1.165) is 32.2 Å². The summed E-state index contributed by atoms with van der Waals surface area (Å²) in [7, 11) is 1.69. The lowest BCUT2D eigenvalue weighted by Gasteiger charge is -2.24. The van der Waals surface area contributed by atoms with Gasteiger partial charge < -0.3 is 19.5 Å². The van der Waals surface area contributed by atoms with Crippen molar-refractivity contribution in [1.29, 1.82) is 0 Å². The highest BCUT2D eigenvalue weighted by atomic mass is 16.5. The second-order valence-electron chi connectivity index (χ2n) is 5.38. The summed E-state index contributed by atoms with van der Waals surface area (Å²) >= 11 is 0. The number of hydrogen-bond acceptors (Lipinski definition) is 4. The van der Waals surface area contributed by atoms with Crippen LogP contribution in [0.2, 0.25) is 0 Å². The molecule has 1 fully saturated rings. The molecule has 0 saturated heterocycles. The topological polar surface area (TPSA) is 39.7 Å². The Morgan fingerprint density at radius 1 is 1.05 bits per heavy atom. The Hall–Kier alpha value is -0.160. The molecule has 1 unspecified atom stereocenters. The first-order valence-corrected chi connectivity index (χ1v) is 7.74. The molecule has 1 aliphatic rings. The van der Waals surface area contributed by atoms with Gasteiger partial charge in [-0.1, -0.05) is 19.3 Å². The van der Waals surface area contributed by atoms with Gasteiger partial charge in [-0.05, 0) is 26.2 Å². The summed E-state index contributed by atoms with van der Waals surface area (Å²) in [6, 6.07) is 0.720. The molecule has 0 heterocycles. The molecule has 0 radical (unpaired) electrons. The van der Waals surface area contributed by atoms with Crippen LogP contribution >= 0.6 is 0 Å². The van der Waals surface area contributed by atoms with Crippen LogP contribution in [0.3, 0.4) is 0 Å². The van der Waals surface area contributed by atoms with Crippen molar-refractivity contribution in [3.05, 3.63) is 0 Å². The van der Waals surface area contributed by atoms with Gasteiger partial charge in [0.25, 0.3) is 0 Å². The molecule has 4 heteroatoms. The highest BCUT2D eigenvalue weighted by Crippen LogP contribution is 2.17. The lowest BCUT2D eigenvalue weighted by molar-refractivity contribution is 0.0291. The van der Waals surface area contributed by atoms with Crippen molar-refractivity contribution in [2.24, 2.45) is 0 Å². The second-order valence-corrected chi connectivity index (χ2v) is 5.38. The van der Waals surface area contributed by atoms with Gasteiger partial charge in [-0.15, -0.1) is 0 Å². The van der Waals surface area contributed by atoms with Gasteiger partial charge in [-0.25, -0.2) is 0 Å². The Morgan fingerprint density at radius 2 is 1.84 bits per heavy atom. The maximum absolute atomic E-state index is 5.77. The van der Waals surface area contributed by atoms with Crippen molar-refractivity contribution >= 4 is 0 Å². The van der Waals surface area contributed by atoms with E-state index < -0.39 is 0 Å². The quantitative estimate of drug-likeness (QED) is 0.587. The van der Waals surface area contributed by atoms with Crippen molar-refractivity contribution in [2.45, 2.75) is 57.6 Å². The molecule has 0 aromatic carbocycles. The predicted octanol–water partition coefficient (Wildman–Crippen LogP) is 2.37. The summed E-state index contributed by atoms with van der Waals surface area (Å²) in [5, 5.41) is 3.62. The molecule has 1 N–H and O–H groups in total. The SMILES string of the molecule is COCCOCCCOC(C)CNC1CCCCC1. The van der Waals surface area contributed by atoms with Crippen LogP contribution in [-0.4, -0.2) is 52.2 Å². The fourth-order valence-corrected chi connectivity index (χ4v) is 2.39. The normalized spacial score (nSPS) is 18.6. The molecule has 19 heavy (non-hydrogen) atoms. The van der Waals surface area contributed by atoms with Crippen LogP contribution < -0.4 is 5.32 Å². The Morgan fingerprint density at radius 3 is 2.58 bits per heavy atom. The van der Waals surface area contributed by atoms with Gasteiger partial charge >= 0.3 is 0 Å². The fourth-order valence-electron chi connectivity index (χ4n) is 2.39. The molecule has 1 atom stereocenters. The standard InChI is InChI=1S/C15H31NO3/c1-14(13-16-15-7-4-3-5-8-15)19-10-6-9-18-12-11-17-2/h14-16H,3-13H2,1-2H3. The molecular formula is C15H31NO3. The zero-order valence-electron chi connectivity index (χ0n) is 12.7. The Balaban J connectivity index is 1.85. The first-order chi connectivity index (χ1) is 9.33. The number of hydrogen-bond donors (Lipinski definition) is 1. The third kappa shape index (κ3) is 9.38. The van der Waals surface area contributed by atoms with E-state index in [0.29, 0.717) is 19.3 Å². The third-order valence-electron chi connectivity index (χ3n) is 3.57. The van der Waals surface area contributed by atoms with Crippen molar-refractivity contribution in [3.63, 3.8) is 0 Å². The van der Waals surface area contributed by atoms with Crippen LogP contribution in [0.5, 0.6) is 0 Å². The second kappa shape index (κ2) is 11.6. The maximum atomic E-state index is 5.77. The molecule has 0 bridgehead atoms. The minimum absolute atomic E-state index is 0.293. The van der Waals surface area contributed by atoms with Gasteiger partial charge in [0.15, 0.2) is 0 Å². The monoisotopic (exact) mass is 273 g/mol. The first kappa shape index (κ1) is 16.9. The number of ether oxygens (including phenoxy) is 3. The smallest absolute Gasteiger partial charge is 0.0700 e. The van der Waals surface area contributed by atoms with Gasteiger partial charge in [-0.3, -0.25) is 0 Å². The van der Waals surface area contributed by atoms with Gasteiger partial charge in [-0.2, -0.15) is 0 Å². The van der Waals surface area contributed by atoms with Gasteiger partial charge in [0.1, 0.15) is 0 Å². The van der Waals surface area contributed by atoms with E-state index in [4.69, 9.17) is 14.2 Å². The van der Waals surface area contributed by atoms with Crippen molar-refractivity contribution in [2.75, 3.05) is 40.1 Å². The largest absolute Gasteiger partial charge is 0.382 e. The maximum Gasteiger partial charge on any atom is 0.0700 e. The van der Waals surface area contributed by atoms with Crippen molar-refractivity contribution in [1.82, 2.24) is 5.32 Å². The fraction of sp³-hybridized carbons (Fsp3) is 1.00. The summed E-state index contributed by atoms with van der Waals surface area (Å²) in [5.74, 6) is 0. The number of rotatable bonds is 11. The molecule has 114 valence electrons. The number of methoxy groups -OCH3 is 1. The summed E-state index contributed by atoms with van der Waals surface area (Å²) in [6.07, 6.45) is 8.09. The Bertz CT molecular complexity index is 196. The van der Waals surface area contributed by atoms with E-state index in [1.54, 1.807) is 7.11 Å². The molecule has 0 spiro atoms. The van der Waals surface area contributed by atoms with E-state index in [1.807, 2.05) is 0 Å². The first-order valence-electron chi connectivity index (χ1n) is 7.74. The zero-order chi connectivity index (χ0) is 13.8. The van der Waals surface area contributed by atoms with E-state index in [1.165, 1.54) is 32.1 Å². The minimum atomic E-state index is 0.293.